The quantitative estimate of drug-likeness (QED) is 0.354. The minimum atomic E-state index is -4.42. The summed E-state index contributed by atoms with van der Waals surface area (Å²) >= 11 is 0. The molecule has 2 aromatic rings. The summed E-state index contributed by atoms with van der Waals surface area (Å²) in [6, 6.07) is 3.28. The van der Waals surface area contributed by atoms with E-state index >= 15 is 0 Å². The largest absolute Gasteiger partial charge is 0.468 e. The van der Waals surface area contributed by atoms with Crippen molar-refractivity contribution in [2.75, 3.05) is 13.7 Å². The van der Waals surface area contributed by atoms with Crippen LogP contribution in [0.15, 0.2) is 23.3 Å². The van der Waals surface area contributed by atoms with Gasteiger partial charge in [-0.05, 0) is 19.9 Å². The first-order valence-electron chi connectivity index (χ1n) is 8.28. The number of hydrogen-bond donors (Lipinski definition) is 2. The van der Waals surface area contributed by atoms with Gasteiger partial charge in [0, 0.05) is 50.2 Å². The van der Waals surface area contributed by atoms with Gasteiger partial charge in [0.2, 0.25) is 5.88 Å². The number of aliphatic imine (C=N–C) groups is 1. The van der Waals surface area contributed by atoms with Crippen molar-refractivity contribution in [3.05, 3.63) is 40.8 Å². The normalized spacial score (nSPS) is 11.8. The van der Waals surface area contributed by atoms with Crippen LogP contribution in [0, 0.1) is 13.8 Å². The lowest BCUT2D eigenvalue weighted by Gasteiger charge is -2.15. The smallest absolute Gasteiger partial charge is 0.422 e. The second kappa shape index (κ2) is 10.5. The zero-order valence-corrected chi connectivity index (χ0v) is 18.4. The molecule has 7 nitrogen and oxygen atoms in total. The topological polar surface area (TPSA) is 76.4 Å². The van der Waals surface area contributed by atoms with Crippen molar-refractivity contribution in [2.45, 2.75) is 33.1 Å². The Morgan fingerprint density at radius 3 is 2.50 bits per heavy atom. The molecule has 0 unspecified atom stereocenters. The van der Waals surface area contributed by atoms with Crippen LogP contribution in [0.1, 0.15) is 22.5 Å². The van der Waals surface area contributed by atoms with Crippen LogP contribution in [0.5, 0.6) is 5.88 Å². The molecule has 0 aliphatic heterocycles. The molecule has 11 heteroatoms. The van der Waals surface area contributed by atoms with Gasteiger partial charge >= 0.3 is 6.18 Å². The van der Waals surface area contributed by atoms with E-state index in [1.54, 1.807) is 19.2 Å². The van der Waals surface area contributed by atoms with E-state index < -0.39 is 12.8 Å². The maximum atomic E-state index is 12.4. The van der Waals surface area contributed by atoms with Crippen LogP contribution in [-0.4, -0.2) is 40.6 Å². The highest BCUT2D eigenvalue weighted by Crippen LogP contribution is 2.19. The molecule has 0 amide bonds. The molecule has 156 valence electrons. The van der Waals surface area contributed by atoms with Gasteiger partial charge in [-0.1, -0.05) is 6.07 Å². The molecule has 0 fully saturated rings. The summed E-state index contributed by atoms with van der Waals surface area (Å²) < 4.78 is 43.7. The number of alkyl halides is 3. The van der Waals surface area contributed by atoms with Gasteiger partial charge in [0.15, 0.2) is 12.6 Å². The van der Waals surface area contributed by atoms with Crippen molar-refractivity contribution in [1.82, 2.24) is 25.4 Å². The number of aryl methyl sites for hydroxylation is 2. The van der Waals surface area contributed by atoms with Crippen LogP contribution in [0.4, 0.5) is 13.2 Å². The summed E-state index contributed by atoms with van der Waals surface area (Å²) in [6.07, 6.45) is -3.03. The van der Waals surface area contributed by atoms with Crippen molar-refractivity contribution in [3.8, 4) is 5.88 Å². The van der Waals surface area contributed by atoms with Crippen molar-refractivity contribution >= 4 is 29.9 Å². The van der Waals surface area contributed by atoms with Crippen molar-refractivity contribution < 1.29 is 17.9 Å². The van der Waals surface area contributed by atoms with E-state index in [1.165, 1.54) is 6.20 Å². The van der Waals surface area contributed by atoms with E-state index in [9.17, 15) is 13.2 Å². The highest BCUT2D eigenvalue weighted by Gasteiger charge is 2.29. The number of aromatic nitrogens is 3. The predicted octanol–water partition coefficient (Wildman–Crippen LogP) is 2.86. The molecule has 0 spiro atoms. The van der Waals surface area contributed by atoms with Crippen LogP contribution in [0.3, 0.4) is 0 Å². The number of halogens is 4. The lowest BCUT2D eigenvalue weighted by Crippen LogP contribution is -2.36. The molecule has 2 rings (SSSR count). The van der Waals surface area contributed by atoms with Crippen LogP contribution in [0.25, 0.3) is 0 Å². The number of hydrogen-bond acceptors (Lipinski definition) is 4. The van der Waals surface area contributed by atoms with Gasteiger partial charge < -0.3 is 15.4 Å². The van der Waals surface area contributed by atoms with Crippen LogP contribution < -0.4 is 15.4 Å². The molecule has 2 N–H and O–H groups in total. The molecule has 28 heavy (non-hydrogen) atoms. The average Bonchev–Trinajstić information content (AvgIpc) is 2.85. The van der Waals surface area contributed by atoms with E-state index in [1.807, 2.05) is 25.6 Å². The second-order valence-corrected chi connectivity index (χ2v) is 5.92. The zero-order chi connectivity index (χ0) is 20.0. The Hall–Kier alpha value is -2.05. The van der Waals surface area contributed by atoms with E-state index in [2.05, 4.69) is 25.7 Å². The molecule has 0 aromatic carbocycles. The lowest BCUT2D eigenvalue weighted by atomic mass is 10.2. The van der Waals surface area contributed by atoms with E-state index in [4.69, 9.17) is 4.74 Å². The lowest BCUT2D eigenvalue weighted by molar-refractivity contribution is -0.154. The fourth-order valence-electron chi connectivity index (χ4n) is 2.48. The first kappa shape index (κ1) is 24.0. The van der Waals surface area contributed by atoms with Gasteiger partial charge in [0.25, 0.3) is 0 Å². The fraction of sp³-hybridized carbons (Fsp3) is 0.471. The van der Waals surface area contributed by atoms with Gasteiger partial charge in [-0.3, -0.25) is 9.67 Å². The molecule has 0 saturated carbocycles. The number of rotatable bonds is 6. The van der Waals surface area contributed by atoms with E-state index in [0.29, 0.717) is 18.1 Å². The van der Waals surface area contributed by atoms with Crippen LogP contribution in [0.2, 0.25) is 0 Å². The van der Waals surface area contributed by atoms with Gasteiger partial charge in [0.05, 0.1) is 5.69 Å². The summed E-state index contributed by atoms with van der Waals surface area (Å²) in [5.74, 6) is 0.444. The highest BCUT2D eigenvalue weighted by atomic mass is 127. The standard InChI is InChI=1S/C17H23F3N6O.HI/c1-11-14(12(2)26(4)25-11)9-24-16(21-3)23-8-13-6-5-7-22-15(13)27-10-17(18,19)20;/h5-7H,8-10H2,1-4H3,(H2,21,23,24);1H. The molecule has 0 aliphatic carbocycles. The average molecular weight is 512 g/mol. The van der Waals surface area contributed by atoms with Crippen LogP contribution in [-0.2, 0) is 20.1 Å². The maximum absolute atomic E-state index is 12.4. The number of nitrogens with one attached hydrogen (secondary N) is 2. The Kier molecular flexibility index (Phi) is 8.98. The second-order valence-electron chi connectivity index (χ2n) is 5.92. The monoisotopic (exact) mass is 512 g/mol. The third-order valence-electron chi connectivity index (χ3n) is 3.98. The molecule has 0 bridgehead atoms. The summed E-state index contributed by atoms with van der Waals surface area (Å²) in [4.78, 5) is 8.00. The van der Waals surface area contributed by atoms with E-state index in [0.717, 1.165) is 17.0 Å². The SMILES string of the molecule is CN=C(NCc1cccnc1OCC(F)(F)F)NCc1c(C)nn(C)c1C.I. The Bertz CT molecular complexity index is 807. The van der Waals surface area contributed by atoms with Gasteiger partial charge in [0.1, 0.15) is 0 Å². The van der Waals surface area contributed by atoms with Gasteiger partial charge in [-0.2, -0.15) is 18.3 Å². The van der Waals surface area contributed by atoms with Crippen LogP contribution >= 0.6 is 24.0 Å². The summed E-state index contributed by atoms with van der Waals surface area (Å²) in [6.45, 7) is 3.26. The minimum Gasteiger partial charge on any atom is -0.468 e. The van der Waals surface area contributed by atoms with Gasteiger partial charge in [-0.25, -0.2) is 4.98 Å². The predicted molar refractivity (Wildman–Crippen MR) is 111 cm³/mol. The van der Waals surface area contributed by atoms with Crippen molar-refractivity contribution in [1.29, 1.82) is 0 Å². The first-order valence-corrected chi connectivity index (χ1v) is 8.28. The third-order valence-corrected chi connectivity index (χ3v) is 3.98. The molecular formula is C17H24F3IN6O. The number of ether oxygens (including phenoxy) is 1. The highest BCUT2D eigenvalue weighted by molar-refractivity contribution is 14.0. The van der Waals surface area contributed by atoms with E-state index in [-0.39, 0.29) is 36.4 Å². The molecular weight excluding hydrogens is 488 g/mol. The zero-order valence-electron chi connectivity index (χ0n) is 16.1. The summed E-state index contributed by atoms with van der Waals surface area (Å²) in [5, 5.41) is 10.6. The van der Waals surface area contributed by atoms with Crippen molar-refractivity contribution in [3.63, 3.8) is 0 Å². The molecule has 0 radical (unpaired) electrons. The Morgan fingerprint density at radius 1 is 1.25 bits per heavy atom. The Labute approximate surface area is 178 Å². The fourth-order valence-corrected chi connectivity index (χ4v) is 2.48. The Morgan fingerprint density at radius 2 is 1.93 bits per heavy atom. The Balaban J connectivity index is 0.00000392. The first-order chi connectivity index (χ1) is 12.7. The minimum absolute atomic E-state index is 0. The number of nitrogens with zero attached hydrogens (tertiary/aromatic N) is 4. The molecule has 0 aliphatic rings. The molecule has 0 atom stereocenters. The number of guanidine groups is 1. The number of pyridine rings is 1. The third kappa shape index (κ3) is 6.84. The molecule has 2 heterocycles. The molecule has 2 aromatic heterocycles. The summed E-state index contributed by atoms with van der Waals surface area (Å²) in [5.41, 5.74) is 3.54. The van der Waals surface area contributed by atoms with Gasteiger partial charge in [-0.15, -0.1) is 24.0 Å². The molecule has 0 saturated heterocycles. The maximum Gasteiger partial charge on any atom is 0.422 e. The van der Waals surface area contributed by atoms with Crippen molar-refractivity contribution in [2.24, 2.45) is 12.0 Å². The summed E-state index contributed by atoms with van der Waals surface area (Å²) in [7, 11) is 3.49.